The highest BCUT2D eigenvalue weighted by Gasteiger charge is 2.42. The Morgan fingerprint density at radius 2 is 1.86 bits per heavy atom. The summed E-state index contributed by atoms with van der Waals surface area (Å²) in [5, 5.41) is 0. The highest BCUT2D eigenvalue weighted by atomic mass is 19.3. The van der Waals surface area contributed by atoms with Gasteiger partial charge in [-0.1, -0.05) is 27.7 Å². The van der Waals surface area contributed by atoms with Gasteiger partial charge in [0.1, 0.15) is 0 Å². The molecular formula is C11H23F2N. The van der Waals surface area contributed by atoms with Gasteiger partial charge in [-0.25, -0.2) is 8.78 Å². The van der Waals surface area contributed by atoms with Crippen LogP contribution in [0.25, 0.3) is 0 Å². The van der Waals surface area contributed by atoms with E-state index in [1.54, 1.807) is 0 Å². The Bertz CT molecular complexity index is 148. The van der Waals surface area contributed by atoms with Crippen molar-refractivity contribution >= 4 is 0 Å². The molecule has 14 heavy (non-hydrogen) atoms. The Morgan fingerprint density at radius 3 is 2.29 bits per heavy atom. The largest absolute Gasteiger partial charge is 0.303 e. The minimum absolute atomic E-state index is 0.0410. The van der Waals surface area contributed by atoms with Gasteiger partial charge >= 0.3 is 0 Å². The van der Waals surface area contributed by atoms with E-state index in [1.807, 2.05) is 27.7 Å². The van der Waals surface area contributed by atoms with E-state index >= 15 is 0 Å². The van der Waals surface area contributed by atoms with E-state index in [9.17, 15) is 8.78 Å². The maximum Gasteiger partial charge on any atom is 0.253 e. The summed E-state index contributed by atoms with van der Waals surface area (Å²) in [4.78, 5) is 2.10. The van der Waals surface area contributed by atoms with Gasteiger partial charge in [-0.05, 0) is 13.0 Å². The van der Waals surface area contributed by atoms with E-state index in [-0.39, 0.29) is 6.42 Å². The van der Waals surface area contributed by atoms with Gasteiger partial charge < -0.3 is 4.90 Å². The van der Waals surface area contributed by atoms with Gasteiger partial charge in [0.2, 0.25) is 0 Å². The minimum atomic E-state index is -2.42. The molecular weight excluding hydrogens is 184 g/mol. The van der Waals surface area contributed by atoms with Crippen molar-refractivity contribution in [1.82, 2.24) is 4.90 Å². The van der Waals surface area contributed by atoms with E-state index in [4.69, 9.17) is 0 Å². The summed E-state index contributed by atoms with van der Waals surface area (Å²) < 4.78 is 26.3. The Morgan fingerprint density at radius 1 is 1.29 bits per heavy atom. The van der Waals surface area contributed by atoms with E-state index in [1.165, 1.54) is 0 Å². The first-order valence-electron chi connectivity index (χ1n) is 5.70. The fraction of sp³-hybridized carbons (Fsp3) is 1.00. The van der Waals surface area contributed by atoms with Crippen LogP contribution in [0.15, 0.2) is 0 Å². The average molecular weight is 207 g/mol. The molecule has 0 aromatic heterocycles. The molecule has 1 rings (SSSR count). The first-order valence-corrected chi connectivity index (χ1v) is 5.70. The normalized spacial score (nSPS) is 26.6. The fourth-order valence-corrected chi connectivity index (χ4v) is 1.76. The molecule has 0 spiro atoms. The molecule has 1 fully saturated rings. The third kappa shape index (κ3) is 3.52. The van der Waals surface area contributed by atoms with Crippen LogP contribution in [-0.4, -0.2) is 30.5 Å². The topological polar surface area (TPSA) is 3.24 Å². The Labute approximate surface area is 86.5 Å². The van der Waals surface area contributed by atoms with E-state index in [0.29, 0.717) is 19.5 Å². The van der Waals surface area contributed by atoms with Gasteiger partial charge in [-0.2, -0.15) is 0 Å². The Balaban J connectivity index is 0.000000791. The van der Waals surface area contributed by atoms with Gasteiger partial charge in [-0.3, -0.25) is 0 Å². The summed E-state index contributed by atoms with van der Waals surface area (Å²) in [7, 11) is 0. The lowest BCUT2D eigenvalue weighted by Gasteiger charge is -2.37. The number of likely N-dealkylation sites (tertiary alicyclic amines) is 1. The van der Waals surface area contributed by atoms with Crippen molar-refractivity contribution < 1.29 is 8.78 Å². The van der Waals surface area contributed by atoms with E-state index < -0.39 is 11.8 Å². The third-order valence-corrected chi connectivity index (χ3v) is 2.78. The first-order chi connectivity index (χ1) is 6.60. The molecule has 1 aliphatic rings. The second-order valence-electron chi connectivity index (χ2n) is 3.51. The molecule has 1 atom stereocenters. The summed E-state index contributed by atoms with van der Waals surface area (Å²) in [5.41, 5.74) is 0. The summed E-state index contributed by atoms with van der Waals surface area (Å²) >= 11 is 0. The molecule has 1 nitrogen and oxygen atoms in total. The smallest absolute Gasteiger partial charge is 0.253 e. The number of nitrogens with zero attached hydrogens (tertiary/aromatic N) is 1. The van der Waals surface area contributed by atoms with Crippen molar-refractivity contribution in [2.45, 2.75) is 46.5 Å². The van der Waals surface area contributed by atoms with E-state index in [0.717, 1.165) is 6.54 Å². The molecule has 86 valence electrons. The minimum Gasteiger partial charge on any atom is -0.303 e. The molecule has 0 aromatic carbocycles. The predicted molar refractivity (Wildman–Crippen MR) is 56.8 cm³/mol. The highest BCUT2D eigenvalue weighted by molar-refractivity contribution is 4.84. The Kier molecular flexibility index (Phi) is 6.25. The van der Waals surface area contributed by atoms with Crippen LogP contribution in [-0.2, 0) is 0 Å². The lowest BCUT2D eigenvalue weighted by atomic mass is 9.91. The summed E-state index contributed by atoms with van der Waals surface area (Å²) in [6.07, 6.45) is 0.628. The van der Waals surface area contributed by atoms with Gasteiger partial charge in [-0.15, -0.1) is 0 Å². The van der Waals surface area contributed by atoms with Crippen LogP contribution >= 0.6 is 0 Å². The maximum absolute atomic E-state index is 13.2. The number of halogens is 2. The Hall–Kier alpha value is -0.180. The summed E-state index contributed by atoms with van der Waals surface area (Å²) in [6.45, 7) is 9.89. The van der Waals surface area contributed by atoms with Crippen molar-refractivity contribution in [1.29, 1.82) is 0 Å². The van der Waals surface area contributed by atoms with Gasteiger partial charge in [0.25, 0.3) is 5.92 Å². The van der Waals surface area contributed by atoms with Gasteiger partial charge in [0.15, 0.2) is 0 Å². The third-order valence-electron chi connectivity index (χ3n) is 2.78. The quantitative estimate of drug-likeness (QED) is 0.671. The molecule has 0 bridgehead atoms. The average Bonchev–Trinajstić information content (AvgIpc) is 2.21. The summed E-state index contributed by atoms with van der Waals surface area (Å²) in [5.74, 6) is -2.84. The number of piperidine rings is 1. The summed E-state index contributed by atoms with van der Waals surface area (Å²) in [6, 6.07) is 0. The lowest BCUT2D eigenvalue weighted by molar-refractivity contribution is -0.106. The standard InChI is InChI=1S/C9H17F2N.C2H6/c1-3-8-7-12(4-2)6-5-9(8,10)11;1-2/h8H,3-7H2,1-2H3;1-2H3. The highest BCUT2D eigenvalue weighted by Crippen LogP contribution is 2.34. The van der Waals surface area contributed by atoms with Crippen molar-refractivity contribution in [3.05, 3.63) is 0 Å². The van der Waals surface area contributed by atoms with Crippen LogP contribution in [0, 0.1) is 5.92 Å². The predicted octanol–water partition coefficient (Wildman–Crippen LogP) is 3.40. The molecule has 1 aliphatic heterocycles. The number of hydrogen-bond donors (Lipinski definition) is 0. The van der Waals surface area contributed by atoms with E-state index in [2.05, 4.69) is 4.90 Å². The molecule has 0 aliphatic carbocycles. The van der Waals surface area contributed by atoms with Crippen LogP contribution in [0.4, 0.5) is 8.78 Å². The second kappa shape index (κ2) is 6.33. The lowest BCUT2D eigenvalue weighted by Crippen LogP contribution is -2.46. The van der Waals surface area contributed by atoms with Gasteiger partial charge in [0.05, 0.1) is 0 Å². The van der Waals surface area contributed by atoms with Crippen LogP contribution in [0.1, 0.15) is 40.5 Å². The van der Waals surface area contributed by atoms with Gasteiger partial charge in [0, 0.05) is 25.4 Å². The van der Waals surface area contributed by atoms with Crippen molar-refractivity contribution in [3.63, 3.8) is 0 Å². The molecule has 3 heteroatoms. The first kappa shape index (κ1) is 13.8. The molecule has 1 saturated heterocycles. The molecule has 0 radical (unpaired) electrons. The zero-order valence-electron chi connectivity index (χ0n) is 9.82. The number of rotatable bonds is 2. The molecule has 1 unspecified atom stereocenters. The molecule has 0 N–H and O–H groups in total. The van der Waals surface area contributed by atoms with Crippen LogP contribution in [0.3, 0.4) is 0 Å². The SMILES string of the molecule is CC.CCC1CN(CC)CCC1(F)F. The fourth-order valence-electron chi connectivity index (χ4n) is 1.76. The van der Waals surface area contributed by atoms with Crippen molar-refractivity contribution in [2.24, 2.45) is 5.92 Å². The van der Waals surface area contributed by atoms with Crippen LogP contribution in [0.2, 0.25) is 0 Å². The zero-order chi connectivity index (χ0) is 11.2. The monoisotopic (exact) mass is 207 g/mol. The van der Waals surface area contributed by atoms with Crippen molar-refractivity contribution in [3.8, 4) is 0 Å². The molecule has 0 aromatic rings. The van der Waals surface area contributed by atoms with Crippen LogP contribution < -0.4 is 0 Å². The van der Waals surface area contributed by atoms with Crippen LogP contribution in [0.5, 0.6) is 0 Å². The zero-order valence-corrected chi connectivity index (χ0v) is 9.82. The second-order valence-corrected chi connectivity index (χ2v) is 3.51. The maximum atomic E-state index is 13.2. The number of alkyl halides is 2. The number of hydrogen-bond acceptors (Lipinski definition) is 1. The molecule has 1 heterocycles. The van der Waals surface area contributed by atoms with Crippen molar-refractivity contribution in [2.75, 3.05) is 19.6 Å². The molecule has 0 saturated carbocycles. The molecule has 0 amide bonds.